The number of esters is 1. The number of Topliss-reactive ketones (excluding diaryl/α,β-unsaturated/α-hetero) is 1. The number of ketones is 1. The summed E-state index contributed by atoms with van der Waals surface area (Å²) in [4.78, 5) is 23.0. The topological polar surface area (TPSA) is 43.4 Å². The molecule has 0 aromatic carbocycles. The Bertz CT molecular complexity index is 418. The van der Waals surface area contributed by atoms with E-state index in [-0.39, 0.29) is 11.8 Å². The number of allylic oxidation sites excluding steroid dienone is 1. The Morgan fingerprint density at radius 2 is 1.88 bits per heavy atom. The highest BCUT2D eigenvalue weighted by Gasteiger charge is 2.48. The van der Waals surface area contributed by atoms with Gasteiger partial charge in [-0.3, -0.25) is 4.79 Å². The molecule has 3 aliphatic rings. The summed E-state index contributed by atoms with van der Waals surface area (Å²) < 4.78 is 5.57. The van der Waals surface area contributed by atoms with Crippen molar-refractivity contribution in [2.45, 2.75) is 44.1 Å². The summed E-state index contributed by atoms with van der Waals surface area (Å²) in [6.45, 7) is 0. The van der Waals surface area contributed by atoms with E-state index in [2.05, 4.69) is 6.08 Å². The van der Waals surface area contributed by atoms with Crippen LogP contribution in [0, 0.1) is 0 Å². The van der Waals surface area contributed by atoms with Gasteiger partial charge >= 0.3 is 5.97 Å². The number of hydrogen-bond acceptors (Lipinski definition) is 3. The van der Waals surface area contributed by atoms with Crippen molar-refractivity contribution in [3.63, 3.8) is 0 Å². The normalized spacial score (nSPS) is 27.2. The third-order valence-electron chi connectivity index (χ3n) is 3.81. The molecule has 0 bridgehead atoms. The summed E-state index contributed by atoms with van der Waals surface area (Å²) in [7, 11) is 0. The van der Waals surface area contributed by atoms with Crippen molar-refractivity contribution < 1.29 is 14.3 Å². The van der Waals surface area contributed by atoms with Crippen LogP contribution in [0.25, 0.3) is 0 Å². The average Bonchev–Trinajstić information content (AvgIpc) is 2.58. The van der Waals surface area contributed by atoms with Crippen molar-refractivity contribution in [1.29, 1.82) is 0 Å². The predicted octanol–water partition coefficient (Wildman–Crippen LogP) is 2.07. The zero-order chi connectivity index (χ0) is 11.2. The van der Waals surface area contributed by atoms with E-state index in [0.29, 0.717) is 25.7 Å². The molecule has 0 aromatic heterocycles. The minimum atomic E-state index is -0.461. The molecule has 16 heavy (non-hydrogen) atoms. The lowest BCUT2D eigenvalue weighted by Crippen LogP contribution is -2.36. The van der Waals surface area contributed by atoms with Crippen molar-refractivity contribution in [3.05, 3.63) is 23.3 Å². The molecule has 1 spiro atoms. The maximum Gasteiger partial charge on any atom is 0.335 e. The van der Waals surface area contributed by atoms with Crippen LogP contribution in [-0.2, 0) is 14.3 Å². The summed E-state index contributed by atoms with van der Waals surface area (Å²) in [5.74, 6) is 0.129. The summed E-state index contributed by atoms with van der Waals surface area (Å²) in [5, 5.41) is 0. The molecule has 1 saturated carbocycles. The molecule has 3 rings (SSSR count). The molecule has 0 N–H and O–H groups in total. The van der Waals surface area contributed by atoms with Gasteiger partial charge in [-0.05, 0) is 25.7 Å². The Morgan fingerprint density at radius 1 is 1.12 bits per heavy atom. The van der Waals surface area contributed by atoms with E-state index in [9.17, 15) is 9.59 Å². The third kappa shape index (κ3) is 1.27. The van der Waals surface area contributed by atoms with Gasteiger partial charge in [0.2, 0.25) is 0 Å². The van der Waals surface area contributed by atoms with Crippen molar-refractivity contribution in [2.24, 2.45) is 0 Å². The van der Waals surface area contributed by atoms with Gasteiger partial charge in [-0.2, -0.15) is 0 Å². The second-order valence-corrected chi connectivity index (χ2v) is 4.76. The minimum absolute atomic E-state index is 0.159. The minimum Gasteiger partial charge on any atom is -0.451 e. The first-order chi connectivity index (χ1) is 7.71. The van der Waals surface area contributed by atoms with Crippen LogP contribution in [0.4, 0.5) is 0 Å². The van der Waals surface area contributed by atoms with Crippen LogP contribution in [0.3, 0.4) is 0 Å². The standard InChI is InChI=1S/C13H14O3/c14-9-5-7-13(8-6-9)11-4-2-1-3-10(11)12(15)16-13/h2,4H,1,3,5-8H2. The molecular formula is C13H14O3. The van der Waals surface area contributed by atoms with Gasteiger partial charge in [0, 0.05) is 24.0 Å². The predicted molar refractivity (Wildman–Crippen MR) is 57.7 cm³/mol. The molecule has 3 nitrogen and oxygen atoms in total. The monoisotopic (exact) mass is 218 g/mol. The number of fused-ring (bicyclic) bond motifs is 1. The Hall–Kier alpha value is -1.38. The van der Waals surface area contributed by atoms with Gasteiger partial charge in [0.25, 0.3) is 0 Å². The molecule has 1 fully saturated rings. The number of rotatable bonds is 0. The summed E-state index contributed by atoms with van der Waals surface area (Å²) >= 11 is 0. The van der Waals surface area contributed by atoms with Gasteiger partial charge in [0.15, 0.2) is 0 Å². The molecule has 0 amide bonds. The highest BCUT2D eigenvalue weighted by atomic mass is 16.6. The van der Waals surface area contributed by atoms with Crippen molar-refractivity contribution >= 4 is 11.8 Å². The fourth-order valence-corrected chi connectivity index (χ4v) is 2.90. The molecule has 1 heterocycles. The van der Waals surface area contributed by atoms with Crippen molar-refractivity contribution in [1.82, 2.24) is 0 Å². The smallest absolute Gasteiger partial charge is 0.335 e. The van der Waals surface area contributed by atoms with Crippen LogP contribution >= 0.6 is 0 Å². The molecule has 0 atom stereocenters. The molecule has 0 aromatic rings. The molecule has 84 valence electrons. The quantitative estimate of drug-likeness (QED) is 0.584. The highest BCUT2D eigenvalue weighted by Crippen LogP contribution is 2.45. The van der Waals surface area contributed by atoms with Crippen LogP contribution in [0.1, 0.15) is 38.5 Å². The van der Waals surface area contributed by atoms with Crippen LogP contribution < -0.4 is 0 Å². The van der Waals surface area contributed by atoms with Gasteiger partial charge in [-0.25, -0.2) is 4.79 Å². The largest absolute Gasteiger partial charge is 0.451 e. The summed E-state index contributed by atoms with van der Waals surface area (Å²) in [5.41, 5.74) is 1.44. The average molecular weight is 218 g/mol. The fourth-order valence-electron chi connectivity index (χ4n) is 2.90. The molecular weight excluding hydrogens is 204 g/mol. The zero-order valence-electron chi connectivity index (χ0n) is 9.12. The fraction of sp³-hybridized carbons (Fsp3) is 0.538. The number of carbonyl (C=O) groups is 2. The molecule has 0 saturated heterocycles. The van der Waals surface area contributed by atoms with Crippen LogP contribution in [0.2, 0.25) is 0 Å². The Kier molecular flexibility index (Phi) is 2.03. The number of ether oxygens (including phenoxy) is 1. The SMILES string of the molecule is O=C1CCC2(CC1)OC(=O)C1=C2C=CCC1. The first-order valence-corrected chi connectivity index (χ1v) is 5.86. The Labute approximate surface area is 94.2 Å². The van der Waals surface area contributed by atoms with Crippen LogP contribution in [0.5, 0.6) is 0 Å². The van der Waals surface area contributed by atoms with E-state index in [1.165, 1.54) is 0 Å². The maximum absolute atomic E-state index is 11.8. The third-order valence-corrected chi connectivity index (χ3v) is 3.81. The van der Waals surface area contributed by atoms with Gasteiger partial charge in [-0.1, -0.05) is 12.2 Å². The lowest BCUT2D eigenvalue weighted by Gasteiger charge is -2.33. The first-order valence-electron chi connectivity index (χ1n) is 5.86. The molecule has 0 unspecified atom stereocenters. The molecule has 0 radical (unpaired) electrons. The van der Waals surface area contributed by atoms with E-state index >= 15 is 0 Å². The summed E-state index contributed by atoms with van der Waals surface area (Å²) in [6.07, 6.45) is 8.25. The van der Waals surface area contributed by atoms with E-state index in [0.717, 1.165) is 24.0 Å². The van der Waals surface area contributed by atoms with Crippen LogP contribution in [-0.4, -0.2) is 17.4 Å². The lowest BCUT2D eigenvalue weighted by atomic mass is 9.77. The van der Waals surface area contributed by atoms with E-state index in [1.54, 1.807) is 0 Å². The van der Waals surface area contributed by atoms with Gasteiger partial charge in [0.05, 0.1) is 0 Å². The van der Waals surface area contributed by atoms with Gasteiger partial charge < -0.3 is 4.74 Å². The summed E-state index contributed by atoms with van der Waals surface area (Å²) in [6, 6.07) is 0. The van der Waals surface area contributed by atoms with Crippen molar-refractivity contribution in [3.8, 4) is 0 Å². The molecule has 1 aliphatic heterocycles. The van der Waals surface area contributed by atoms with E-state index in [1.807, 2.05) is 6.08 Å². The van der Waals surface area contributed by atoms with E-state index < -0.39 is 5.60 Å². The first kappa shape index (κ1) is 9.82. The lowest BCUT2D eigenvalue weighted by molar-refractivity contribution is -0.151. The Morgan fingerprint density at radius 3 is 2.62 bits per heavy atom. The molecule has 3 heteroatoms. The zero-order valence-corrected chi connectivity index (χ0v) is 9.12. The number of carbonyl (C=O) groups excluding carboxylic acids is 2. The van der Waals surface area contributed by atoms with Crippen LogP contribution in [0.15, 0.2) is 23.3 Å². The molecule has 2 aliphatic carbocycles. The second-order valence-electron chi connectivity index (χ2n) is 4.76. The second kappa shape index (κ2) is 3.30. The van der Waals surface area contributed by atoms with Gasteiger partial charge in [0.1, 0.15) is 11.4 Å². The Balaban J connectivity index is 1.98. The number of hydrogen-bond donors (Lipinski definition) is 0. The highest BCUT2D eigenvalue weighted by molar-refractivity contribution is 5.95. The van der Waals surface area contributed by atoms with Gasteiger partial charge in [-0.15, -0.1) is 0 Å². The van der Waals surface area contributed by atoms with Crippen molar-refractivity contribution in [2.75, 3.05) is 0 Å². The maximum atomic E-state index is 11.8. The van der Waals surface area contributed by atoms with E-state index in [4.69, 9.17) is 4.74 Å².